The molecule has 102 valence electrons. The molecule has 4 nitrogen and oxygen atoms in total. The highest BCUT2D eigenvalue weighted by Crippen LogP contribution is 2.09. The standard InChI is InChI=1S/C12H24O4S/c1-5-11(2)8-6-7-9-17(13,14)16-12(3)10-15-4/h5,12H,6-10H2,1-4H3. The average Bonchev–Trinajstić information content (AvgIpc) is 2.23. The third-order valence-corrected chi connectivity index (χ3v) is 3.83. The van der Waals surface area contributed by atoms with E-state index in [4.69, 9.17) is 8.92 Å². The van der Waals surface area contributed by atoms with Gasteiger partial charge in [-0.15, -0.1) is 0 Å². The zero-order valence-corrected chi connectivity index (χ0v) is 12.0. The van der Waals surface area contributed by atoms with E-state index in [9.17, 15) is 8.42 Å². The Labute approximate surface area is 105 Å². The third kappa shape index (κ3) is 9.32. The molecular weight excluding hydrogens is 240 g/mol. The normalized spacial score (nSPS) is 14.9. The zero-order chi connectivity index (χ0) is 13.3. The maximum atomic E-state index is 11.5. The Hall–Kier alpha value is -0.390. The largest absolute Gasteiger partial charge is 0.382 e. The third-order valence-electron chi connectivity index (χ3n) is 2.42. The predicted molar refractivity (Wildman–Crippen MR) is 69.5 cm³/mol. The summed E-state index contributed by atoms with van der Waals surface area (Å²) in [5, 5.41) is 0. The fourth-order valence-corrected chi connectivity index (χ4v) is 2.60. The molecule has 17 heavy (non-hydrogen) atoms. The van der Waals surface area contributed by atoms with Gasteiger partial charge in [0.1, 0.15) is 0 Å². The van der Waals surface area contributed by atoms with Crippen molar-refractivity contribution >= 4 is 10.1 Å². The highest BCUT2D eigenvalue weighted by molar-refractivity contribution is 7.86. The van der Waals surface area contributed by atoms with Crippen LogP contribution in [0.2, 0.25) is 0 Å². The molecule has 0 bridgehead atoms. The van der Waals surface area contributed by atoms with Crippen LogP contribution in [0.3, 0.4) is 0 Å². The van der Waals surface area contributed by atoms with E-state index >= 15 is 0 Å². The molecule has 0 saturated carbocycles. The SMILES string of the molecule is CC=C(C)CCCCS(=O)(=O)OC(C)COC. The molecule has 1 unspecified atom stereocenters. The molecule has 0 aromatic carbocycles. The van der Waals surface area contributed by atoms with E-state index in [0.717, 1.165) is 12.8 Å². The Balaban J connectivity index is 3.86. The van der Waals surface area contributed by atoms with Crippen LogP contribution in [-0.2, 0) is 19.0 Å². The van der Waals surface area contributed by atoms with Gasteiger partial charge < -0.3 is 4.74 Å². The van der Waals surface area contributed by atoms with Crippen LogP contribution in [0.15, 0.2) is 11.6 Å². The molecule has 0 N–H and O–H groups in total. The Morgan fingerprint density at radius 3 is 2.53 bits per heavy atom. The van der Waals surface area contributed by atoms with Gasteiger partial charge in [-0.2, -0.15) is 8.42 Å². The van der Waals surface area contributed by atoms with Crippen LogP contribution in [-0.4, -0.2) is 34.0 Å². The second-order valence-corrected chi connectivity index (χ2v) is 5.93. The van der Waals surface area contributed by atoms with Crippen molar-refractivity contribution in [3.8, 4) is 0 Å². The van der Waals surface area contributed by atoms with E-state index in [1.54, 1.807) is 6.92 Å². The monoisotopic (exact) mass is 264 g/mol. The van der Waals surface area contributed by atoms with E-state index in [1.165, 1.54) is 12.7 Å². The van der Waals surface area contributed by atoms with Crippen molar-refractivity contribution in [1.29, 1.82) is 0 Å². The van der Waals surface area contributed by atoms with Gasteiger partial charge in [0.05, 0.1) is 18.5 Å². The van der Waals surface area contributed by atoms with E-state index < -0.39 is 16.2 Å². The lowest BCUT2D eigenvalue weighted by Gasteiger charge is -2.11. The van der Waals surface area contributed by atoms with Gasteiger partial charge in [0.15, 0.2) is 0 Å². The van der Waals surface area contributed by atoms with Gasteiger partial charge in [-0.25, -0.2) is 0 Å². The van der Waals surface area contributed by atoms with Gasteiger partial charge in [0.2, 0.25) is 0 Å². The topological polar surface area (TPSA) is 52.6 Å². The molecule has 0 aliphatic carbocycles. The fourth-order valence-electron chi connectivity index (χ4n) is 1.39. The molecule has 0 aliphatic rings. The lowest BCUT2D eigenvalue weighted by atomic mass is 10.1. The molecule has 0 radical (unpaired) electrons. The van der Waals surface area contributed by atoms with Crippen molar-refractivity contribution in [3.05, 3.63) is 11.6 Å². The van der Waals surface area contributed by atoms with Crippen molar-refractivity contribution in [1.82, 2.24) is 0 Å². The van der Waals surface area contributed by atoms with E-state index in [2.05, 4.69) is 0 Å². The first-order valence-corrected chi connectivity index (χ1v) is 7.50. The minimum Gasteiger partial charge on any atom is -0.382 e. The first-order valence-electron chi connectivity index (χ1n) is 5.93. The van der Waals surface area contributed by atoms with Crippen molar-refractivity contribution in [2.45, 2.75) is 46.1 Å². The number of allylic oxidation sites excluding steroid dienone is 2. The summed E-state index contributed by atoms with van der Waals surface area (Å²) in [7, 11) is -1.89. The number of ether oxygens (including phenoxy) is 1. The minimum absolute atomic E-state index is 0.0814. The van der Waals surface area contributed by atoms with Crippen molar-refractivity contribution in [3.63, 3.8) is 0 Å². The lowest BCUT2D eigenvalue weighted by Crippen LogP contribution is -2.21. The molecule has 0 saturated heterocycles. The van der Waals surface area contributed by atoms with Crippen molar-refractivity contribution in [2.24, 2.45) is 0 Å². The summed E-state index contributed by atoms with van der Waals surface area (Å²) >= 11 is 0. The summed E-state index contributed by atoms with van der Waals surface area (Å²) in [6.07, 6.45) is 4.08. The fraction of sp³-hybridized carbons (Fsp3) is 0.833. The van der Waals surface area contributed by atoms with Crippen LogP contribution < -0.4 is 0 Å². The predicted octanol–water partition coefficient (Wildman–Crippen LogP) is 2.50. The second-order valence-electron chi connectivity index (χ2n) is 4.22. The second kappa shape index (κ2) is 8.66. The number of hydrogen-bond donors (Lipinski definition) is 0. The smallest absolute Gasteiger partial charge is 0.267 e. The number of methoxy groups -OCH3 is 1. The first-order chi connectivity index (χ1) is 7.91. The maximum Gasteiger partial charge on any atom is 0.267 e. The van der Waals surface area contributed by atoms with Gasteiger partial charge in [-0.3, -0.25) is 4.18 Å². The van der Waals surface area contributed by atoms with E-state index in [1.807, 2.05) is 19.9 Å². The average molecular weight is 264 g/mol. The van der Waals surface area contributed by atoms with Crippen LogP contribution in [0, 0.1) is 0 Å². The van der Waals surface area contributed by atoms with Gasteiger partial charge in [-0.1, -0.05) is 11.6 Å². The van der Waals surface area contributed by atoms with Crippen LogP contribution >= 0.6 is 0 Å². The minimum atomic E-state index is -3.41. The number of hydrogen-bond acceptors (Lipinski definition) is 4. The van der Waals surface area contributed by atoms with Crippen LogP contribution in [0.4, 0.5) is 0 Å². The molecule has 5 heteroatoms. The highest BCUT2D eigenvalue weighted by Gasteiger charge is 2.15. The maximum absolute atomic E-state index is 11.5. The first kappa shape index (κ1) is 16.6. The summed E-state index contributed by atoms with van der Waals surface area (Å²) in [5.74, 6) is 0.0814. The molecule has 0 fully saturated rings. The molecule has 0 rings (SSSR count). The van der Waals surface area contributed by atoms with Crippen LogP contribution in [0.1, 0.15) is 40.0 Å². The number of unbranched alkanes of at least 4 members (excludes halogenated alkanes) is 1. The molecule has 0 spiro atoms. The van der Waals surface area contributed by atoms with E-state index in [0.29, 0.717) is 6.42 Å². The van der Waals surface area contributed by atoms with Crippen LogP contribution in [0.5, 0.6) is 0 Å². The molecule has 0 aromatic heterocycles. The molecule has 0 amide bonds. The molecule has 1 atom stereocenters. The van der Waals surface area contributed by atoms with Gasteiger partial charge in [0.25, 0.3) is 10.1 Å². The van der Waals surface area contributed by atoms with Crippen LogP contribution in [0.25, 0.3) is 0 Å². The Bertz CT molecular complexity index is 319. The zero-order valence-electron chi connectivity index (χ0n) is 11.2. The molecule has 0 aliphatic heterocycles. The molecular formula is C12H24O4S. The summed E-state index contributed by atoms with van der Waals surface area (Å²) < 4.78 is 32.8. The summed E-state index contributed by atoms with van der Waals surface area (Å²) in [5.41, 5.74) is 1.29. The Morgan fingerprint density at radius 2 is 2.00 bits per heavy atom. The van der Waals surface area contributed by atoms with E-state index in [-0.39, 0.29) is 12.4 Å². The Morgan fingerprint density at radius 1 is 1.35 bits per heavy atom. The molecule has 0 heterocycles. The molecule has 0 aromatic rings. The summed E-state index contributed by atoms with van der Waals surface area (Å²) in [6, 6.07) is 0. The highest BCUT2D eigenvalue weighted by atomic mass is 32.2. The lowest BCUT2D eigenvalue weighted by molar-refractivity contribution is 0.0962. The summed E-state index contributed by atoms with van der Waals surface area (Å²) in [6.45, 7) is 6.01. The quantitative estimate of drug-likeness (QED) is 0.365. The van der Waals surface area contributed by atoms with Crippen molar-refractivity contribution in [2.75, 3.05) is 19.5 Å². The van der Waals surface area contributed by atoms with Gasteiger partial charge >= 0.3 is 0 Å². The van der Waals surface area contributed by atoms with Gasteiger partial charge in [0, 0.05) is 7.11 Å². The summed E-state index contributed by atoms with van der Waals surface area (Å²) in [4.78, 5) is 0. The Kier molecular flexibility index (Phi) is 8.47. The number of rotatable bonds is 9. The van der Waals surface area contributed by atoms with Gasteiger partial charge in [-0.05, 0) is 40.0 Å². The van der Waals surface area contributed by atoms with Crippen molar-refractivity contribution < 1.29 is 17.3 Å².